The number of nitrogens with one attached hydrogen (secondary N) is 1. The van der Waals surface area contributed by atoms with Crippen LogP contribution < -0.4 is 15.8 Å². The van der Waals surface area contributed by atoms with Gasteiger partial charge < -0.3 is 15.8 Å². The fraction of sp³-hybridized carbons (Fsp3) is 0.381. The van der Waals surface area contributed by atoms with Crippen LogP contribution in [0.5, 0.6) is 5.75 Å². The van der Waals surface area contributed by atoms with Crippen LogP contribution in [-0.4, -0.2) is 37.6 Å². The lowest BCUT2D eigenvalue weighted by atomic mass is 9.90. The van der Waals surface area contributed by atoms with Crippen molar-refractivity contribution in [2.45, 2.75) is 19.3 Å². The third kappa shape index (κ3) is 4.99. The summed E-state index contributed by atoms with van der Waals surface area (Å²) in [5.41, 5.74) is 8.43. The van der Waals surface area contributed by atoms with Crippen LogP contribution in [0.4, 0.5) is 11.4 Å². The second kappa shape index (κ2) is 8.72. The van der Waals surface area contributed by atoms with E-state index in [0.717, 1.165) is 32.4 Å². The smallest absolute Gasteiger partial charge is 0.238 e. The van der Waals surface area contributed by atoms with Crippen molar-refractivity contribution in [3.63, 3.8) is 0 Å². The van der Waals surface area contributed by atoms with Crippen molar-refractivity contribution in [2.24, 2.45) is 5.92 Å². The third-order valence-electron chi connectivity index (χ3n) is 4.94. The molecule has 0 radical (unpaired) electrons. The first-order valence-corrected chi connectivity index (χ1v) is 9.13. The molecule has 2 aromatic rings. The fourth-order valence-electron chi connectivity index (χ4n) is 3.51. The maximum atomic E-state index is 12.4. The van der Waals surface area contributed by atoms with Gasteiger partial charge in [0.25, 0.3) is 0 Å². The Labute approximate surface area is 155 Å². The molecule has 3 N–H and O–H groups in total. The first kappa shape index (κ1) is 18.3. The van der Waals surface area contributed by atoms with Crippen LogP contribution in [0.2, 0.25) is 0 Å². The number of methoxy groups -OCH3 is 1. The van der Waals surface area contributed by atoms with Crippen LogP contribution in [0.25, 0.3) is 0 Å². The zero-order valence-electron chi connectivity index (χ0n) is 15.3. The van der Waals surface area contributed by atoms with Gasteiger partial charge in [-0.25, -0.2) is 0 Å². The summed E-state index contributed by atoms with van der Waals surface area (Å²) in [5, 5.41) is 2.92. The number of ether oxygens (including phenoxy) is 1. The van der Waals surface area contributed by atoms with Gasteiger partial charge in [0.15, 0.2) is 0 Å². The van der Waals surface area contributed by atoms with Crippen molar-refractivity contribution in [1.29, 1.82) is 0 Å². The van der Waals surface area contributed by atoms with Crippen molar-refractivity contribution >= 4 is 17.3 Å². The second-order valence-corrected chi connectivity index (χ2v) is 6.92. The van der Waals surface area contributed by atoms with Crippen molar-refractivity contribution in [3.8, 4) is 5.75 Å². The largest absolute Gasteiger partial charge is 0.495 e. The Balaban J connectivity index is 1.47. The van der Waals surface area contributed by atoms with Gasteiger partial charge >= 0.3 is 0 Å². The summed E-state index contributed by atoms with van der Waals surface area (Å²) in [4.78, 5) is 14.6. The minimum atomic E-state index is -0.0320. The molecule has 3 rings (SSSR count). The van der Waals surface area contributed by atoms with Gasteiger partial charge in [0, 0.05) is 5.69 Å². The molecule has 1 fully saturated rings. The Morgan fingerprint density at radius 2 is 1.92 bits per heavy atom. The highest BCUT2D eigenvalue weighted by Crippen LogP contribution is 2.27. The molecule has 0 aromatic heterocycles. The standard InChI is InChI=1S/C21H27N3O2/c1-26-20-8-7-18(22)14-19(20)23-21(25)15-24-11-9-17(10-12-24)13-16-5-3-2-4-6-16/h2-8,14,17H,9-13,15,22H2,1H3,(H,23,25). The van der Waals surface area contributed by atoms with Gasteiger partial charge in [-0.05, 0) is 62.0 Å². The van der Waals surface area contributed by atoms with Crippen molar-refractivity contribution in [2.75, 3.05) is 37.8 Å². The predicted molar refractivity (Wildman–Crippen MR) is 105 cm³/mol. The lowest BCUT2D eigenvalue weighted by molar-refractivity contribution is -0.117. The van der Waals surface area contributed by atoms with E-state index in [1.165, 1.54) is 5.56 Å². The molecule has 1 aliphatic heterocycles. The van der Waals surface area contributed by atoms with Gasteiger partial charge in [-0.2, -0.15) is 0 Å². The Kier molecular flexibility index (Phi) is 6.12. The topological polar surface area (TPSA) is 67.6 Å². The highest BCUT2D eigenvalue weighted by Gasteiger charge is 2.21. The van der Waals surface area contributed by atoms with Crippen LogP contribution in [-0.2, 0) is 11.2 Å². The summed E-state index contributed by atoms with van der Waals surface area (Å²) in [5.74, 6) is 1.29. The molecule has 0 atom stereocenters. The lowest BCUT2D eigenvalue weighted by Gasteiger charge is -2.31. The van der Waals surface area contributed by atoms with E-state index in [0.29, 0.717) is 29.6 Å². The highest BCUT2D eigenvalue weighted by atomic mass is 16.5. The third-order valence-corrected chi connectivity index (χ3v) is 4.94. The lowest BCUT2D eigenvalue weighted by Crippen LogP contribution is -2.39. The first-order chi connectivity index (χ1) is 12.6. The molecule has 1 heterocycles. The monoisotopic (exact) mass is 353 g/mol. The number of likely N-dealkylation sites (tertiary alicyclic amines) is 1. The normalized spacial score (nSPS) is 15.6. The van der Waals surface area contributed by atoms with E-state index in [4.69, 9.17) is 10.5 Å². The van der Waals surface area contributed by atoms with Gasteiger partial charge in [-0.1, -0.05) is 30.3 Å². The van der Waals surface area contributed by atoms with Crippen molar-refractivity contribution in [1.82, 2.24) is 4.90 Å². The number of benzene rings is 2. The van der Waals surface area contributed by atoms with Crippen LogP contribution in [0, 0.1) is 5.92 Å². The summed E-state index contributed by atoms with van der Waals surface area (Å²) in [7, 11) is 1.58. The molecule has 5 nitrogen and oxygen atoms in total. The Hall–Kier alpha value is -2.53. The number of nitrogens with two attached hydrogens (primary N) is 1. The van der Waals surface area contributed by atoms with Gasteiger partial charge in [0.1, 0.15) is 5.75 Å². The average Bonchev–Trinajstić information content (AvgIpc) is 2.64. The summed E-state index contributed by atoms with van der Waals surface area (Å²) < 4.78 is 5.28. The van der Waals surface area contributed by atoms with Crippen LogP contribution in [0.15, 0.2) is 48.5 Å². The maximum Gasteiger partial charge on any atom is 0.238 e. The molecule has 2 aromatic carbocycles. The number of nitrogen functional groups attached to an aromatic ring is 1. The molecule has 1 saturated heterocycles. The van der Waals surface area contributed by atoms with Crippen molar-refractivity contribution in [3.05, 3.63) is 54.1 Å². The average molecular weight is 353 g/mol. The molecule has 0 aliphatic carbocycles. The van der Waals surface area contributed by atoms with Gasteiger partial charge in [0.05, 0.1) is 19.3 Å². The molecule has 138 valence electrons. The number of carbonyl (C=O) groups is 1. The van der Waals surface area contributed by atoms with Gasteiger partial charge in [0.2, 0.25) is 5.91 Å². The summed E-state index contributed by atoms with van der Waals surface area (Å²) in [6, 6.07) is 15.9. The minimum absolute atomic E-state index is 0.0320. The minimum Gasteiger partial charge on any atom is -0.495 e. The molecule has 0 unspecified atom stereocenters. The van der Waals surface area contributed by atoms with E-state index in [1.54, 1.807) is 25.3 Å². The van der Waals surface area contributed by atoms with Crippen molar-refractivity contribution < 1.29 is 9.53 Å². The zero-order chi connectivity index (χ0) is 18.4. The summed E-state index contributed by atoms with van der Waals surface area (Å²) >= 11 is 0. The zero-order valence-corrected chi connectivity index (χ0v) is 15.3. The molecule has 1 aliphatic rings. The highest BCUT2D eigenvalue weighted by molar-refractivity contribution is 5.94. The molecular formula is C21H27N3O2. The van der Waals surface area contributed by atoms with E-state index in [-0.39, 0.29) is 5.91 Å². The number of nitrogens with zero attached hydrogens (tertiary/aromatic N) is 1. The molecule has 0 saturated carbocycles. The second-order valence-electron chi connectivity index (χ2n) is 6.92. The number of hydrogen-bond acceptors (Lipinski definition) is 4. The van der Waals surface area contributed by atoms with Gasteiger partial charge in [-0.15, -0.1) is 0 Å². The molecule has 5 heteroatoms. The fourth-order valence-corrected chi connectivity index (χ4v) is 3.51. The Morgan fingerprint density at radius 1 is 1.19 bits per heavy atom. The Bertz CT molecular complexity index is 725. The maximum absolute atomic E-state index is 12.4. The SMILES string of the molecule is COc1ccc(N)cc1NC(=O)CN1CCC(Cc2ccccc2)CC1. The summed E-state index contributed by atoms with van der Waals surface area (Å²) in [6.45, 7) is 2.31. The van der Waals surface area contributed by atoms with Gasteiger partial charge in [-0.3, -0.25) is 9.69 Å². The van der Waals surface area contributed by atoms with E-state index >= 15 is 0 Å². The van der Waals surface area contributed by atoms with Crippen LogP contribution >= 0.6 is 0 Å². The molecule has 1 amide bonds. The molecule has 0 spiro atoms. The molecule has 26 heavy (non-hydrogen) atoms. The molecular weight excluding hydrogens is 326 g/mol. The molecule has 0 bridgehead atoms. The number of amides is 1. The van der Waals surface area contributed by atoms with Crippen LogP contribution in [0.1, 0.15) is 18.4 Å². The van der Waals surface area contributed by atoms with E-state index in [9.17, 15) is 4.79 Å². The number of carbonyl (C=O) groups excluding carboxylic acids is 1. The Morgan fingerprint density at radius 3 is 2.62 bits per heavy atom. The number of piperidine rings is 1. The quantitative estimate of drug-likeness (QED) is 0.783. The van der Waals surface area contributed by atoms with E-state index in [2.05, 4.69) is 40.5 Å². The first-order valence-electron chi connectivity index (χ1n) is 9.13. The number of hydrogen-bond donors (Lipinski definition) is 2. The van der Waals surface area contributed by atoms with E-state index < -0.39 is 0 Å². The summed E-state index contributed by atoms with van der Waals surface area (Å²) in [6.07, 6.45) is 3.38. The van der Waals surface area contributed by atoms with E-state index in [1.807, 2.05) is 0 Å². The number of rotatable bonds is 6. The predicted octanol–water partition coefficient (Wildman–Crippen LogP) is 3.17. The number of anilines is 2. The van der Waals surface area contributed by atoms with Crippen LogP contribution in [0.3, 0.4) is 0 Å².